The third-order valence-electron chi connectivity index (χ3n) is 5.65. The van der Waals surface area contributed by atoms with E-state index in [2.05, 4.69) is 19.9 Å². The highest BCUT2D eigenvalue weighted by Crippen LogP contribution is 2.36. The monoisotopic (exact) mass is 393 g/mol. The molecule has 0 aromatic carbocycles. The van der Waals surface area contributed by atoms with Crippen molar-refractivity contribution in [1.82, 2.24) is 19.3 Å². The van der Waals surface area contributed by atoms with Crippen molar-refractivity contribution in [3.8, 4) is 0 Å². The van der Waals surface area contributed by atoms with Gasteiger partial charge in [-0.05, 0) is 38.7 Å². The number of sulfonamides is 1. The Balaban J connectivity index is 1.37. The minimum Gasteiger partial charge on any atom is -0.373 e. The molecule has 2 aromatic rings. The highest BCUT2D eigenvalue weighted by molar-refractivity contribution is 7.89. The van der Waals surface area contributed by atoms with E-state index < -0.39 is 10.0 Å². The summed E-state index contributed by atoms with van der Waals surface area (Å²) in [5.41, 5.74) is 0.820. The molecular formula is C18H27N5O3S. The Hall–Kier alpha value is -1.71. The second kappa shape index (κ2) is 7.03. The summed E-state index contributed by atoms with van der Waals surface area (Å²) in [6.45, 7) is 4.76. The van der Waals surface area contributed by atoms with Crippen LogP contribution in [0.3, 0.4) is 0 Å². The highest BCUT2D eigenvalue weighted by Gasteiger charge is 2.39. The third-order valence-corrected chi connectivity index (χ3v) is 7.63. The molecule has 3 heterocycles. The van der Waals surface area contributed by atoms with Crippen molar-refractivity contribution in [2.75, 3.05) is 30.8 Å². The minimum atomic E-state index is -3.24. The van der Waals surface area contributed by atoms with Crippen LogP contribution in [-0.4, -0.2) is 71.8 Å². The average molecular weight is 394 g/mol. The molecule has 1 aliphatic carbocycles. The number of ether oxygens (including phenoxy) is 1. The molecule has 2 aromatic heterocycles. The van der Waals surface area contributed by atoms with Crippen molar-refractivity contribution < 1.29 is 13.2 Å². The molecule has 2 fully saturated rings. The van der Waals surface area contributed by atoms with E-state index in [1.165, 1.54) is 0 Å². The maximum Gasteiger partial charge on any atom is 0.214 e. The number of H-pyrrole nitrogens is 1. The van der Waals surface area contributed by atoms with Gasteiger partial charge in [-0.25, -0.2) is 18.4 Å². The Morgan fingerprint density at radius 2 is 1.96 bits per heavy atom. The van der Waals surface area contributed by atoms with E-state index in [0.29, 0.717) is 19.1 Å². The van der Waals surface area contributed by atoms with Gasteiger partial charge < -0.3 is 14.6 Å². The summed E-state index contributed by atoms with van der Waals surface area (Å²) >= 11 is 0. The summed E-state index contributed by atoms with van der Waals surface area (Å²) in [7, 11) is -1.22. The number of nitrogens with zero attached hydrogens (tertiary/aromatic N) is 4. The number of hydrogen-bond acceptors (Lipinski definition) is 6. The second-order valence-corrected chi connectivity index (χ2v) is 9.91. The molecule has 27 heavy (non-hydrogen) atoms. The molecule has 0 radical (unpaired) electrons. The quantitative estimate of drug-likeness (QED) is 0.830. The Bertz CT molecular complexity index is 899. The lowest BCUT2D eigenvalue weighted by Crippen LogP contribution is -2.51. The van der Waals surface area contributed by atoms with Crippen LogP contribution in [0.1, 0.15) is 26.7 Å². The Morgan fingerprint density at radius 1 is 1.26 bits per heavy atom. The molecule has 0 bridgehead atoms. The van der Waals surface area contributed by atoms with E-state index >= 15 is 0 Å². The van der Waals surface area contributed by atoms with Gasteiger partial charge in [-0.1, -0.05) is 0 Å². The number of aromatic nitrogens is 3. The van der Waals surface area contributed by atoms with Crippen molar-refractivity contribution in [3.05, 3.63) is 18.6 Å². The maximum absolute atomic E-state index is 12.8. The lowest BCUT2D eigenvalue weighted by Gasteiger charge is -2.43. The Morgan fingerprint density at radius 3 is 2.67 bits per heavy atom. The van der Waals surface area contributed by atoms with Crippen molar-refractivity contribution in [1.29, 1.82) is 0 Å². The number of anilines is 1. The molecule has 9 heteroatoms. The molecule has 1 aliphatic heterocycles. The summed E-state index contributed by atoms with van der Waals surface area (Å²) in [6, 6.07) is 2.28. The summed E-state index contributed by atoms with van der Waals surface area (Å²) in [6.07, 6.45) is 5.04. The molecule has 0 unspecified atom stereocenters. The van der Waals surface area contributed by atoms with Gasteiger partial charge in [0.05, 0.1) is 23.3 Å². The van der Waals surface area contributed by atoms with Gasteiger partial charge >= 0.3 is 0 Å². The van der Waals surface area contributed by atoms with E-state index in [9.17, 15) is 8.42 Å². The van der Waals surface area contributed by atoms with Crippen molar-refractivity contribution in [2.24, 2.45) is 5.92 Å². The van der Waals surface area contributed by atoms with Crippen molar-refractivity contribution in [2.45, 2.75) is 44.9 Å². The van der Waals surface area contributed by atoms with Crippen LogP contribution in [0.4, 0.5) is 5.82 Å². The van der Waals surface area contributed by atoms with Crippen LogP contribution >= 0.6 is 0 Å². The Labute approximate surface area is 160 Å². The first-order valence-corrected chi connectivity index (χ1v) is 11.1. The van der Waals surface area contributed by atoms with Crippen molar-refractivity contribution in [3.63, 3.8) is 0 Å². The molecular weight excluding hydrogens is 366 g/mol. The van der Waals surface area contributed by atoms with Gasteiger partial charge in [-0.3, -0.25) is 0 Å². The largest absolute Gasteiger partial charge is 0.373 e. The van der Waals surface area contributed by atoms with Crippen LogP contribution in [0.15, 0.2) is 18.6 Å². The van der Waals surface area contributed by atoms with E-state index in [1.54, 1.807) is 10.6 Å². The lowest BCUT2D eigenvalue weighted by atomic mass is 9.81. The number of nitrogens with one attached hydrogen (secondary N) is 1. The number of rotatable bonds is 5. The molecule has 4 rings (SSSR count). The zero-order valence-corrected chi connectivity index (χ0v) is 16.8. The smallest absolute Gasteiger partial charge is 0.214 e. The second-order valence-electron chi connectivity index (χ2n) is 7.89. The molecule has 1 saturated heterocycles. The van der Waals surface area contributed by atoms with Crippen LogP contribution in [-0.2, 0) is 14.8 Å². The summed E-state index contributed by atoms with van der Waals surface area (Å²) in [5.74, 6) is 1.31. The van der Waals surface area contributed by atoms with E-state index in [4.69, 9.17) is 4.74 Å². The fraction of sp³-hybridized carbons (Fsp3) is 0.667. The topological polar surface area (TPSA) is 91.4 Å². The SMILES string of the molecule is C[C@@H]1CN(S(=O)(=O)CC2CC(N(C)c3ncnc4[nH]ccc34)C2)C[C@H](C)O1. The minimum absolute atomic E-state index is 0.0506. The van der Waals surface area contributed by atoms with Gasteiger partial charge in [0.1, 0.15) is 17.8 Å². The first kappa shape index (κ1) is 18.6. The van der Waals surface area contributed by atoms with Gasteiger partial charge in [-0.2, -0.15) is 4.31 Å². The molecule has 2 atom stereocenters. The predicted molar refractivity (Wildman–Crippen MR) is 104 cm³/mol. The van der Waals surface area contributed by atoms with Crippen LogP contribution in [0.25, 0.3) is 11.0 Å². The maximum atomic E-state index is 12.8. The van der Waals surface area contributed by atoms with Crippen LogP contribution < -0.4 is 4.90 Å². The normalized spacial score (nSPS) is 29.6. The summed E-state index contributed by atoms with van der Waals surface area (Å²) < 4.78 is 32.9. The summed E-state index contributed by atoms with van der Waals surface area (Å²) in [4.78, 5) is 13.9. The van der Waals surface area contributed by atoms with Gasteiger partial charge in [0.15, 0.2) is 0 Å². The molecule has 2 aliphatic rings. The van der Waals surface area contributed by atoms with E-state index in [-0.39, 0.29) is 23.9 Å². The molecule has 0 amide bonds. The van der Waals surface area contributed by atoms with Crippen LogP contribution in [0.2, 0.25) is 0 Å². The zero-order valence-electron chi connectivity index (χ0n) is 16.0. The fourth-order valence-electron chi connectivity index (χ4n) is 4.23. The predicted octanol–water partition coefficient (Wildman–Crippen LogP) is 1.61. The third kappa shape index (κ3) is 3.68. The van der Waals surface area contributed by atoms with Gasteiger partial charge in [0, 0.05) is 32.4 Å². The fourth-order valence-corrected chi connectivity index (χ4v) is 6.18. The number of hydrogen-bond donors (Lipinski definition) is 1. The molecule has 8 nitrogen and oxygen atoms in total. The van der Waals surface area contributed by atoms with Crippen LogP contribution in [0.5, 0.6) is 0 Å². The van der Waals surface area contributed by atoms with E-state index in [0.717, 1.165) is 29.7 Å². The Kier molecular flexibility index (Phi) is 4.85. The lowest BCUT2D eigenvalue weighted by molar-refractivity contribution is -0.0442. The molecule has 1 saturated carbocycles. The highest BCUT2D eigenvalue weighted by atomic mass is 32.2. The number of morpholine rings is 1. The average Bonchev–Trinajstić information content (AvgIpc) is 3.05. The van der Waals surface area contributed by atoms with Gasteiger partial charge in [0.25, 0.3) is 0 Å². The zero-order chi connectivity index (χ0) is 19.2. The van der Waals surface area contributed by atoms with Gasteiger partial charge in [0.2, 0.25) is 10.0 Å². The van der Waals surface area contributed by atoms with Crippen LogP contribution in [0, 0.1) is 5.92 Å². The molecule has 148 valence electrons. The molecule has 1 N–H and O–H groups in total. The number of fused-ring (bicyclic) bond motifs is 1. The van der Waals surface area contributed by atoms with Crippen molar-refractivity contribution >= 4 is 26.9 Å². The first-order valence-electron chi connectivity index (χ1n) is 9.47. The van der Waals surface area contributed by atoms with E-state index in [1.807, 2.05) is 33.2 Å². The first-order chi connectivity index (χ1) is 12.8. The molecule has 0 spiro atoms. The summed E-state index contributed by atoms with van der Waals surface area (Å²) in [5, 5.41) is 0.993. The standard InChI is InChI=1S/C18H27N5O3S/c1-12-8-23(9-13(2)26-12)27(24,25)10-14-6-15(7-14)22(3)18-16-4-5-19-17(16)20-11-21-18/h4-5,11-15H,6-10H2,1-3H3,(H,19,20,21)/t12-,13+,14?,15?. The van der Waals surface area contributed by atoms with Gasteiger partial charge in [-0.15, -0.1) is 0 Å². The number of aromatic amines is 1.